The van der Waals surface area contributed by atoms with Gasteiger partial charge in [0.05, 0.1) is 0 Å². The summed E-state index contributed by atoms with van der Waals surface area (Å²) in [4.78, 5) is 0. The summed E-state index contributed by atoms with van der Waals surface area (Å²) in [5, 5.41) is 0. The van der Waals surface area contributed by atoms with Crippen molar-refractivity contribution in [2.45, 2.75) is 77.0 Å². The molecule has 0 saturated carbocycles. The summed E-state index contributed by atoms with van der Waals surface area (Å²) in [6, 6.07) is 0. The zero-order chi connectivity index (χ0) is 12.7. The van der Waals surface area contributed by atoms with Crippen LogP contribution in [0, 0.1) is 0 Å². The fourth-order valence-corrected chi connectivity index (χ4v) is 2.42. The molecular weight excluding hydrogens is 216 g/mol. The van der Waals surface area contributed by atoms with E-state index in [1.807, 2.05) is 0 Å². The highest BCUT2D eigenvalue weighted by Crippen LogP contribution is 2.12. The molecule has 0 radical (unpaired) electrons. The molecule has 1 aliphatic carbocycles. The normalized spacial score (nSPS) is 26.7. The SMILES string of the molecule is C1=C\C=C\CCCCCCCCCCCC/C=C/1. The number of rotatable bonds is 0. The summed E-state index contributed by atoms with van der Waals surface area (Å²) in [6.45, 7) is 0. The van der Waals surface area contributed by atoms with E-state index in [9.17, 15) is 0 Å². The predicted molar refractivity (Wildman–Crippen MR) is 82.8 cm³/mol. The van der Waals surface area contributed by atoms with E-state index in [1.54, 1.807) is 0 Å². The van der Waals surface area contributed by atoms with Crippen LogP contribution in [-0.4, -0.2) is 0 Å². The van der Waals surface area contributed by atoms with Crippen LogP contribution in [0.4, 0.5) is 0 Å². The maximum atomic E-state index is 2.30. The van der Waals surface area contributed by atoms with Crippen molar-refractivity contribution in [1.29, 1.82) is 0 Å². The Kier molecular flexibility index (Phi) is 10.8. The molecule has 18 heavy (non-hydrogen) atoms. The van der Waals surface area contributed by atoms with Crippen LogP contribution >= 0.6 is 0 Å². The Balaban J connectivity index is 2.20. The highest BCUT2D eigenvalue weighted by Gasteiger charge is 1.92. The number of hydrogen-bond acceptors (Lipinski definition) is 0. The molecule has 1 rings (SSSR count). The molecule has 0 spiro atoms. The Hall–Kier alpha value is -0.780. The van der Waals surface area contributed by atoms with Crippen LogP contribution < -0.4 is 0 Å². The quantitative estimate of drug-likeness (QED) is 0.467. The van der Waals surface area contributed by atoms with Gasteiger partial charge in [-0.1, -0.05) is 87.8 Å². The van der Waals surface area contributed by atoms with Crippen molar-refractivity contribution < 1.29 is 0 Å². The molecule has 0 bridgehead atoms. The van der Waals surface area contributed by atoms with Gasteiger partial charge in [-0.2, -0.15) is 0 Å². The molecule has 0 saturated heterocycles. The molecule has 0 aliphatic heterocycles. The second-order valence-corrected chi connectivity index (χ2v) is 5.35. The highest BCUT2D eigenvalue weighted by atomic mass is 14.0. The first-order valence-electron chi connectivity index (χ1n) is 7.98. The molecule has 0 nitrogen and oxygen atoms in total. The Bertz CT molecular complexity index is 219. The summed E-state index contributed by atoms with van der Waals surface area (Å²) >= 11 is 0. The Morgan fingerprint density at radius 2 is 0.667 bits per heavy atom. The molecule has 0 atom stereocenters. The van der Waals surface area contributed by atoms with Crippen LogP contribution in [0.25, 0.3) is 0 Å². The Morgan fingerprint density at radius 3 is 1.06 bits per heavy atom. The zero-order valence-electron chi connectivity index (χ0n) is 11.9. The van der Waals surface area contributed by atoms with E-state index < -0.39 is 0 Å². The van der Waals surface area contributed by atoms with Gasteiger partial charge in [-0.3, -0.25) is 0 Å². The van der Waals surface area contributed by atoms with Gasteiger partial charge in [-0.25, -0.2) is 0 Å². The minimum atomic E-state index is 1.24. The van der Waals surface area contributed by atoms with E-state index in [4.69, 9.17) is 0 Å². The van der Waals surface area contributed by atoms with Crippen molar-refractivity contribution in [2.75, 3.05) is 0 Å². The second kappa shape index (κ2) is 12.7. The third-order valence-corrected chi connectivity index (χ3v) is 3.60. The van der Waals surface area contributed by atoms with Gasteiger partial charge in [0, 0.05) is 0 Å². The first-order valence-corrected chi connectivity index (χ1v) is 7.98. The van der Waals surface area contributed by atoms with Gasteiger partial charge in [0.15, 0.2) is 0 Å². The van der Waals surface area contributed by atoms with Crippen molar-refractivity contribution in [2.24, 2.45) is 0 Å². The van der Waals surface area contributed by atoms with Crippen LogP contribution in [0.2, 0.25) is 0 Å². The molecule has 0 aromatic heterocycles. The van der Waals surface area contributed by atoms with Crippen molar-refractivity contribution in [1.82, 2.24) is 0 Å². The molecule has 0 amide bonds. The van der Waals surface area contributed by atoms with Gasteiger partial charge < -0.3 is 0 Å². The summed E-state index contributed by atoms with van der Waals surface area (Å²) in [7, 11) is 0. The van der Waals surface area contributed by atoms with E-state index in [-0.39, 0.29) is 0 Å². The average Bonchev–Trinajstić information content (AvgIpc) is 2.39. The Morgan fingerprint density at radius 1 is 0.333 bits per heavy atom. The third kappa shape index (κ3) is 10.4. The maximum absolute atomic E-state index is 2.30. The first-order chi connectivity index (χ1) is 9.00. The van der Waals surface area contributed by atoms with E-state index >= 15 is 0 Å². The lowest BCUT2D eigenvalue weighted by Gasteiger charge is -2.02. The largest absolute Gasteiger partial charge is 0.0845 e. The zero-order valence-corrected chi connectivity index (χ0v) is 11.9. The van der Waals surface area contributed by atoms with E-state index in [0.29, 0.717) is 0 Å². The van der Waals surface area contributed by atoms with Crippen molar-refractivity contribution >= 4 is 0 Å². The smallest absolute Gasteiger partial charge is 0.0348 e. The summed E-state index contributed by atoms with van der Waals surface area (Å²) in [5.74, 6) is 0. The van der Waals surface area contributed by atoms with Gasteiger partial charge in [0.2, 0.25) is 0 Å². The molecule has 0 aromatic carbocycles. The lowest BCUT2D eigenvalue weighted by atomic mass is 10.0. The summed E-state index contributed by atoms with van der Waals surface area (Å²) in [6.07, 6.45) is 30.0. The molecular formula is C18H30. The van der Waals surface area contributed by atoms with Crippen LogP contribution in [0.15, 0.2) is 36.5 Å². The van der Waals surface area contributed by atoms with Gasteiger partial charge >= 0.3 is 0 Å². The fraction of sp³-hybridized carbons (Fsp3) is 0.667. The lowest BCUT2D eigenvalue weighted by Crippen LogP contribution is -1.82. The van der Waals surface area contributed by atoms with Crippen LogP contribution in [0.3, 0.4) is 0 Å². The van der Waals surface area contributed by atoms with Gasteiger partial charge in [0.25, 0.3) is 0 Å². The van der Waals surface area contributed by atoms with Crippen molar-refractivity contribution in [3.8, 4) is 0 Å². The monoisotopic (exact) mass is 246 g/mol. The van der Waals surface area contributed by atoms with Gasteiger partial charge in [-0.05, 0) is 25.7 Å². The predicted octanol–water partition coefficient (Wildman–Crippen LogP) is 6.35. The molecule has 0 fully saturated rings. The first kappa shape index (κ1) is 15.3. The minimum Gasteiger partial charge on any atom is -0.0845 e. The minimum absolute atomic E-state index is 1.24. The maximum Gasteiger partial charge on any atom is -0.0348 e. The summed E-state index contributed by atoms with van der Waals surface area (Å²) < 4.78 is 0. The molecule has 0 unspecified atom stereocenters. The molecule has 0 heterocycles. The molecule has 1 aliphatic rings. The standard InChI is InChI=1S/C18H30/c1-2-4-6-8-10-12-14-16-18-17-15-13-11-9-7-5-3-1/h1-6H,7-18H2/b2-1-,5-3+,6-4+. The van der Waals surface area contributed by atoms with E-state index in [0.717, 1.165) is 0 Å². The van der Waals surface area contributed by atoms with Crippen LogP contribution in [0.1, 0.15) is 77.0 Å². The number of allylic oxidation sites excluding steroid dienone is 6. The molecule has 102 valence electrons. The van der Waals surface area contributed by atoms with E-state index in [1.165, 1.54) is 77.0 Å². The van der Waals surface area contributed by atoms with E-state index in [2.05, 4.69) is 36.5 Å². The van der Waals surface area contributed by atoms with Crippen LogP contribution in [0.5, 0.6) is 0 Å². The van der Waals surface area contributed by atoms with Crippen molar-refractivity contribution in [3.05, 3.63) is 36.5 Å². The van der Waals surface area contributed by atoms with Gasteiger partial charge in [-0.15, -0.1) is 0 Å². The van der Waals surface area contributed by atoms with Gasteiger partial charge in [0.1, 0.15) is 0 Å². The third-order valence-electron chi connectivity index (χ3n) is 3.60. The topological polar surface area (TPSA) is 0 Å². The average molecular weight is 246 g/mol. The molecule has 0 N–H and O–H groups in total. The second-order valence-electron chi connectivity index (χ2n) is 5.35. The Labute approximate surface area is 114 Å². The lowest BCUT2D eigenvalue weighted by molar-refractivity contribution is 0.553. The number of hydrogen-bond donors (Lipinski definition) is 0. The van der Waals surface area contributed by atoms with Crippen molar-refractivity contribution in [3.63, 3.8) is 0 Å². The molecule has 0 aromatic rings. The fourth-order valence-electron chi connectivity index (χ4n) is 2.42. The summed E-state index contributed by atoms with van der Waals surface area (Å²) in [5.41, 5.74) is 0. The highest BCUT2D eigenvalue weighted by molar-refractivity contribution is 5.10. The molecule has 0 heteroatoms. The van der Waals surface area contributed by atoms with Crippen LogP contribution in [-0.2, 0) is 0 Å².